The number of hydrogen-bond donors (Lipinski definition) is 1. The van der Waals surface area contributed by atoms with Gasteiger partial charge in [-0.3, -0.25) is 0 Å². The lowest BCUT2D eigenvalue weighted by atomic mass is 9.75. The Morgan fingerprint density at radius 1 is 1.43 bits per heavy atom. The van der Waals surface area contributed by atoms with Crippen LogP contribution in [-0.4, -0.2) is 15.9 Å². The van der Waals surface area contributed by atoms with E-state index in [1.165, 1.54) is 25.7 Å². The van der Waals surface area contributed by atoms with Gasteiger partial charge in [0.1, 0.15) is 11.4 Å². The molecule has 4 nitrogen and oxygen atoms in total. The SMILES string of the molecule is CCC1(NCc2nonc2C)CCC1. The molecule has 1 aliphatic carbocycles. The fraction of sp³-hybridized carbons (Fsp3) is 0.800. The summed E-state index contributed by atoms with van der Waals surface area (Å²) in [5, 5.41) is 11.2. The topological polar surface area (TPSA) is 51.0 Å². The minimum atomic E-state index is 0.366. The second-order valence-electron chi connectivity index (χ2n) is 4.14. The highest BCUT2D eigenvalue weighted by Crippen LogP contribution is 2.34. The lowest BCUT2D eigenvalue weighted by molar-refractivity contribution is 0.173. The van der Waals surface area contributed by atoms with Gasteiger partial charge in [0, 0.05) is 12.1 Å². The van der Waals surface area contributed by atoms with Gasteiger partial charge in [0.05, 0.1) is 0 Å². The first-order chi connectivity index (χ1) is 6.76. The fourth-order valence-corrected chi connectivity index (χ4v) is 1.94. The van der Waals surface area contributed by atoms with Crippen molar-refractivity contribution in [1.29, 1.82) is 0 Å². The minimum Gasteiger partial charge on any atom is -0.305 e. The standard InChI is InChI=1S/C10H17N3O/c1-3-10(5-4-6-10)11-7-9-8(2)12-14-13-9/h11H,3-7H2,1-2H3. The van der Waals surface area contributed by atoms with E-state index in [-0.39, 0.29) is 0 Å². The molecule has 0 aromatic carbocycles. The molecule has 1 aliphatic rings. The molecule has 14 heavy (non-hydrogen) atoms. The normalized spacial score (nSPS) is 19.3. The van der Waals surface area contributed by atoms with Gasteiger partial charge in [-0.2, -0.15) is 0 Å². The summed E-state index contributed by atoms with van der Waals surface area (Å²) in [6.45, 7) is 4.94. The summed E-state index contributed by atoms with van der Waals surface area (Å²) < 4.78 is 4.66. The summed E-state index contributed by atoms with van der Waals surface area (Å²) >= 11 is 0. The van der Waals surface area contributed by atoms with E-state index in [0.29, 0.717) is 5.54 Å². The highest BCUT2D eigenvalue weighted by Gasteiger charge is 2.34. The first kappa shape index (κ1) is 9.65. The molecule has 1 fully saturated rings. The molecule has 0 bridgehead atoms. The molecule has 0 unspecified atom stereocenters. The number of nitrogens with one attached hydrogen (secondary N) is 1. The third-order valence-corrected chi connectivity index (χ3v) is 3.36. The summed E-state index contributed by atoms with van der Waals surface area (Å²) in [7, 11) is 0. The van der Waals surface area contributed by atoms with Crippen LogP contribution in [0.25, 0.3) is 0 Å². The lowest BCUT2D eigenvalue weighted by Crippen LogP contribution is -2.50. The molecule has 1 N–H and O–H groups in total. The van der Waals surface area contributed by atoms with E-state index < -0.39 is 0 Å². The van der Waals surface area contributed by atoms with Crippen molar-refractivity contribution < 1.29 is 4.63 Å². The fourth-order valence-electron chi connectivity index (χ4n) is 1.94. The summed E-state index contributed by atoms with van der Waals surface area (Å²) in [4.78, 5) is 0. The van der Waals surface area contributed by atoms with Crippen molar-refractivity contribution in [3.63, 3.8) is 0 Å². The molecular weight excluding hydrogens is 178 g/mol. The van der Waals surface area contributed by atoms with E-state index in [1.54, 1.807) is 0 Å². The van der Waals surface area contributed by atoms with Crippen LogP contribution in [0.3, 0.4) is 0 Å². The Bertz CT molecular complexity index is 299. The Balaban J connectivity index is 1.90. The predicted molar refractivity (Wildman–Crippen MR) is 52.7 cm³/mol. The Kier molecular flexibility index (Phi) is 2.54. The van der Waals surface area contributed by atoms with Gasteiger partial charge in [0.2, 0.25) is 0 Å². The maximum Gasteiger partial charge on any atom is 0.121 e. The van der Waals surface area contributed by atoms with Gasteiger partial charge in [-0.05, 0) is 32.6 Å². The molecule has 0 aliphatic heterocycles. The molecule has 0 saturated heterocycles. The molecule has 1 aromatic rings. The summed E-state index contributed by atoms with van der Waals surface area (Å²) in [6, 6.07) is 0. The molecule has 0 atom stereocenters. The van der Waals surface area contributed by atoms with Crippen LogP contribution in [0.2, 0.25) is 0 Å². The Labute approximate surface area is 84.0 Å². The van der Waals surface area contributed by atoms with Crippen molar-refractivity contribution in [3.05, 3.63) is 11.4 Å². The maximum absolute atomic E-state index is 4.66. The molecule has 1 aromatic heterocycles. The second-order valence-corrected chi connectivity index (χ2v) is 4.14. The molecule has 1 saturated carbocycles. The van der Waals surface area contributed by atoms with Crippen LogP contribution in [0.5, 0.6) is 0 Å². The molecule has 0 spiro atoms. The molecular formula is C10H17N3O. The Hall–Kier alpha value is -0.900. The lowest BCUT2D eigenvalue weighted by Gasteiger charge is -2.42. The van der Waals surface area contributed by atoms with Gasteiger partial charge in [0.25, 0.3) is 0 Å². The van der Waals surface area contributed by atoms with Crippen molar-refractivity contribution in [1.82, 2.24) is 15.6 Å². The third-order valence-electron chi connectivity index (χ3n) is 3.36. The molecule has 1 heterocycles. The second kappa shape index (κ2) is 3.69. The van der Waals surface area contributed by atoms with Crippen molar-refractivity contribution in [3.8, 4) is 0 Å². The molecule has 4 heteroatoms. The van der Waals surface area contributed by atoms with Gasteiger partial charge < -0.3 is 5.32 Å². The minimum absolute atomic E-state index is 0.366. The van der Waals surface area contributed by atoms with Crippen LogP contribution in [0, 0.1) is 6.92 Å². The van der Waals surface area contributed by atoms with Crippen LogP contribution >= 0.6 is 0 Å². The maximum atomic E-state index is 4.66. The largest absolute Gasteiger partial charge is 0.305 e. The number of aryl methyl sites for hydroxylation is 1. The van der Waals surface area contributed by atoms with E-state index >= 15 is 0 Å². The molecule has 0 amide bonds. The zero-order chi connectivity index (χ0) is 10.0. The van der Waals surface area contributed by atoms with Gasteiger partial charge in [0.15, 0.2) is 0 Å². The van der Waals surface area contributed by atoms with Gasteiger partial charge in [-0.25, -0.2) is 4.63 Å². The summed E-state index contributed by atoms with van der Waals surface area (Å²) in [6.07, 6.45) is 5.11. The van der Waals surface area contributed by atoms with E-state index in [2.05, 4.69) is 27.2 Å². The molecule has 78 valence electrons. The van der Waals surface area contributed by atoms with E-state index in [4.69, 9.17) is 0 Å². The zero-order valence-corrected chi connectivity index (χ0v) is 8.84. The molecule has 0 radical (unpaired) electrons. The van der Waals surface area contributed by atoms with Crippen LogP contribution in [0.4, 0.5) is 0 Å². The first-order valence-electron chi connectivity index (χ1n) is 5.29. The van der Waals surface area contributed by atoms with E-state index in [0.717, 1.165) is 17.9 Å². The number of hydrogen-bond acceptors (Lipinski definition) is 4. The van der Waals surface area contributed by atoms with E-state index in [1.807, 2.05) is 6.92 Å². The van der Waals surface area contributed by atoms with Crippen LogP contribution in [-0.2, 0) is 6.54 Å². The van der Waals surface area contributed by atoms with Crippen LogP contribution < -0.4 is 5.32 Å². The Morgan fingerprint density at radius 2 is 2.21 bits per heavy atom. The quantitative estimate of drug-likeness (QED) is 0.796. The monoisotopic (exact) mass is 195 g/mol. The smallest absolute Gasteiger partial charge is 0.121 e. The van der Waals surface area contributed by atoms with Crippen molar-refractivity contribution in [2.45, 2.75) is 51.6 Å². The molecule has 2 rings (SSSR count). The predicted octanol–water partition coefficient (Wildman–Crippen LogP) is 1.80. The first-order valence-corrected chi connectivity index (χ1v) is 5.29. The van der Waals surface area contributed by atoms with Crippen molar-refractivity contribution in [2.24, 2.45) is 0 Å². The highest BCUT2D eigenvalue weighted by molar-refractivity contribution is 5.06. The highest BCUT2D eigenvalue weighted by atomic mass is 16.6. The van der Waals surface area contributed by atoms with Gasteiger partial charge >= 0.3 is 0 Å². The summed E-state index contributed by atoms with van der Waals surface area (Å²) in [5.74, 6) is 0. The van der Waals surface area contributed by atoms with Crippen molar-refractivity contribution in [2.75, 3.05) is 0 Å². The number of rotatable bonds is 4. The van der Waals surface area contributed by atoms with Gasteiger partial charge in [-0.15, -0.1) is 0 Å². The number of aromatic nitrogens is 2. The zero-order valence-electron chi connectivity index (χ0n) is 8.84. The van der Waals surface area contributed by atoms with Crippen LogP contribution in [0.1, 0.15) is 44.0 Å². The summed E-state index contributed by atoms with van der Waals surface area (Å²) in [5.41, 5.74) is 2.19. The third kappa shape index (κ3) is 1.66. The van der Waals surface area contributed by atoms with E-state index in [9.17, 15) is 0 Å². The average Bonchev–Trinajstić information content (AvgIpc) is 2.51. The van der Waals surface area contributed by atoms with Gasteiger partial charge in [-0.1, -0.05) is 17.2 Å². The van der Waals surface area contributed by atoms with Crippen molar-refractivity contribution >= 4 is 0 Å². The van der Waals surface area contributed by atoms with Crippen LogP contribution in [0.15, 0.2) is 4.63 Å². The number of nitrogens with zero attached hydrogens (tertiary/aromatic N) is 2. The average molecular weight is 195 g/mol. The Morgan fingerprint density at radius 3 is 2.64 bits per heavy atom.